The minimum Gasteiger partial charge on any atom is -0.320 e. The van der Waals surface area contributed by atoms with E-state index in [9.17, 15) is 8.42 Å². The van der Waals surface area contributed by atoms with Gasteiger partial charge in [0.15, 0.2) is 9.84 Å². The third-order valence-corrected chi connectivity index (χ3v) is 4.56. The summed E-state index contributed by atoms with van der Waals surface area (Å²) in [5.41, 5.74) is 1.20. The van der Waals surface area contributed by atoms with Gasteiger partial charge in [0.1, 0.15) is 0 Å². The zero-order valence-corrected chi connectivity index (χ0v) is 11.4. The van der Waals surface area contributed by atoms with Crippen molar-refractivity contribution in [3.8, 4) is 0 Å². The van der Waals surface area contributed by atoms with Gasteiger partial charge < -0.3 is 5.32 Å². The molecular weight excluding hydrogens is 234 g/mol. The largest absolute Gasteiger partial charge is 0.320 e. The average Bonchev–Trinajstić information content (AvgIpc) is 2.35. The van der Waals surface area contributed by atoms with Crippen LogP contribution in [0.15, 0.2) is 29.2 Å². The normalized spacial score (nSPS) is 11.6. The first kappa shape index (κ1) is 14.2. The molecule has 1 aromatic carbocycles. The molecule has 0 aromatic heterocycles. The SMILES string of the molecule is CCS(=O)(=O)c1ccc(CCCCNC)cc1. The first-order valence-electron chi connectivity index (χ1n) is 6.06. The predicted molar refractivity (Wildman–Crippen MR) is 71.0 cm³/mol. The topological polar surface area (TPSA) is 46.2 Å². The number of nitrogens with one attached hydrogen (secondary N) is 1. The fourth-order valence-electron chi connectivity index (χ4n) is 1.66. The fourth-order valence-corrected chi connectivity index (χ4v) is 2.55. The summed E-state index contributed by atoms with van der Waals surface area (Å²) >= 11 is 0. The van der Waals surface area contributed by atoms with Crippen LogP contribution in [0.2, 0.25) is 0 Å². The summed E-state index contributed by atoms with van der Waals surface area (Å²) in [5, 5.41) is 3.11. The number of rotatable bonds is 7. The Balaban J connectivity index is 2.57. The van der Waals surface area contributed by atoms with E-state index in [4.69, 9.17) is 0 Å². The molecule has 0 unspecified atom stereocenters. The van der Waals surface area contributed by atoms with Crippen molar-refractivity contribution < 1.29 is 8.42 Å². The molecule has 0 saturated heterocycles. The molecule has 0 spiro atoms. The molecule has 0 aliphatic heterocycles. The molecule has 1 N–H and O–H groups in total. The first-order chi connectivity index (χ1) is 8.10. The van der Waals surface area contributed by atoms with Crippen LogP contribution in [0.25, 0.3) is 0 Å². The van der Waals surface area contributed by atoms with E-state index >= 15 is 0 Å². The zero-order chi connectivity index (χ0) is 12.7. The molecule has 0 aliphatic rings. The van der Waals surface area contributed by atoms with E-state index in [0.29, 0.717) is 4.90 Å². The van der Waals surface area contributed by atoms with E-state index in [2.05, 4.69) is 5.32 Å². The fraction of sp³-hybridized carbons (Fsp3) is 0.538. The number of unbranched alkanes of at least 4 members (excludes halogenated alkanes) is 1. The predicted octanol–water partition coefficient (Wildman–Crippen LogP) is 2.02. The lowest BCUT2D eigenvalue weighted by Crippen LogP contribution is -2.07. The molecule has 96 valence electrons. The molecule has 1 aromatic rings. The number of hydrogen-bond acceptors (Lipinski definition) is 3. The van der Waals surface area contributed by atoms with Crippen LogP contribution in [0.3, 0.4) is 0 Å². The average molecular weight is 255 g/mol. The summed E-state index contributed by atoms with van der Waals surface area (Å²) in [6.45, 7) is 2.70. The second-order valence-corrected chi connectivity index (χ2v) is 6.39. The van der Waals surface area contributed by atoms with E-state index in [0.717, 1.165) is 25.8 Å². The quantitative estimate of drug-likeness (QED) is 0.758. The van der Waals surface area contributed by atoms with Gasteiger partial charge in [0.25, 0.3) is 0 Å². The van der Waals surface area contributed by atoms with Gasteiger partial charge in [-0.2, -0.15) is 0 Å². The Morgan fingerprint density at radius 2 is 1.76 bits per heavy atom. The molecular formula is C13H21NO2S. The number of hydrogen-bond donors (Lipinski definition) is 1. The lowest BCUT2D eigenvalue weighted by molar-refractivity contribution is 0.597. The summed E-state index contributed by atoms with van der Waals surface area (Å²) < 4.78 is 23.2. The third-order valence-electron chi connectivity index (χ3n) is 2.80. The first-order valence-corrected chi connectivity index (χ1v) is 7.71. The molecule has 0 bridgehead atoms. The van der Waals surface area contributed by atoms with E-state index in [-0.39, 0.29) is 5.75 Å². The Bertz CT molecular complexity index is 423. The molecule has 0 fully saturated rings. The van der Waals surface area contributed by atoms with Gasteiger partial charge >= 0.3 is 0 Å². The highest BCUT2D eigenvalue weighted by molar-refractivity contribution is 7.91. The number of sulfone groups is 1. The summed E-state index contributed by atoms with van der Waals surface area (Å²) in [4.78, 5) is 0.430. The van der Waals surface area contributed by atoms with Crippen molar-refractivity contribution in [1.82, 2.24) is 5.32 Å². The molecule has 0 heterocycles. The standard InChI is InChI=1S/C13H21NO2S/c1-3-17(15,16)13-9-7-12(8-10-13)6-4-5-11-14-2/h7-10,14H,3-6,11H2,1-2H3. The van der Waals surface area contributed by atoms with Crippen LogP contribution in [0.4, 0.5) is 0 Å². The number of aryl methyl sites for hydroxylation is 1. The van der Waals surface area contributed by atoms with E-state index in [1.165, 1.54) is 5.56 Å². The lowest BCUT2D eigenvalue weighted by atomic mass is 10.1. The van der Waals surface area contributed by atoms with Crippen LogP contribution in [0.5, 0.6) is 0 Å². The van der Waals surface area contributed by atoms with Crippen molar-refractivity contribution >= 4 is 9.84 Å². The Hall–Kier alpha value is -0.870. The molecule has 17 heavy (non-hydrogen) atoms. The maximum atomic E-state index is 11.6. The second kappa shape index (κ2) is 6.77. The summed E-state index contributed by atoms with van der Waals surface area (Å²) in [6, 6.07) is 7.27. The van der Waals surface area contributed by atoms with Crippen LogP contribution in [-0.2, 0) is 16.3 Å². The second-order valence-electron chi connectivity index (χ2n) is 4.11. The monoisotopic (exact) mass is 255 g/mol. The lowest BCUT2D eigenvalue weighted by Gasteiger charge is -2.04. The highest BCUT2D eigenvalue weighted by atomic mass is 32.2. The van der Waals surface area contributed by atoms with Gasteiger partial charge in [-0.15, -0.1) is 0 Å². The Morgan fingerprint density at radius 1 is 1.12 bits per heavy atom. The minimum atomic E-state index is -3.05. The highest BCUT2D eigenvalue weighted by Gasteiger charge is 2.10. The van der Waals surface area contributed by atoms with Crippen molar-refractivity contribution in [3.63, 3.8) is 0 Å². The molecule has 0 radical (unpaired) electrons. The molecule has 0 amide bonds. The van der Waals surface area contributed by atoms with E-state index in [1.54, 1.807) is 19.1 Å². The van der Waals surface area contributed by atoms with E-state index < -0.39 is 9.84 Å². The van der Waals surface area contributed by atoms with Crippen LogP contribution < -0.4 is 5.32 Å². The van der Waals surface area contributed by atoms with Gasteiger partial charge in [-0.3, -0.25) is 0 Å². The van der Waals surface area contributed by atoms with Gasteiger partial charge in [0, 0.05) is 0 Å². The summed E-state index contributed by atoms with van der Waals surface area (Å²) in [6.07, 6.45) is 3.28. The van der Waals surface area contributed by atoms with Gasteiger partial charge in [0.2, 0.25) is 0 Å². The third kappa shape index (κ3) is 4.48. The Kier molecular flexibility index (Phi) is 5.65. The highest BCUT2D eigenvalue weighted by Crippen LogP contribution is 2.13. The molecule has 0 atom stereocenters. The van der Waals surface area contributed by atoms with Gasteiger partial charge in [-0.05, 0) is 50.6 Å². The van der Waals surface area contributed by atoms with Crippen molar-refractivity contribution in [1.29, 1.82) is 0 Å². The molecule has 4 heteroatoms. The summed E-state index contributed by atoms with van der Waals surface area (Å²) in [5.74, 6) is 0.161. The van der Waals surface area contributed by atoms with Crippen LogP contribution in [0, 0.1) is 0 Å². The zero-order valence-electron chi connectivity index (χ0n) is 10.6. The van der Waals surface area contributed by atoms with Crippen molar-refractivity contribution in [3.05, 3.63) is 29.8 Å². The summed E-state index contributed by atoms with van der Waals surface area (Å²) in [7, 11) is -1.11. The smallest absolute Gasteiger partial charge is 0.178 e. The molecule has 0 saturated carbocycles. The van der Waals surface area contributed by atoms with E-state index in [1.807, 2.05) is 19.2 Å². The number of benzene rings is 1. The maximum Gasteiger partial charge on any atom is 0.178 e. The Labute approximate surface area is 104 Å². The van der Waals surface area contributed by atoms with Crippen molar-refractivity contribution in [2.75, 3.05) is 19.3 Å². The van der Waals surface area contributed by atoms with Crippen molar-refractivity contribution in [2.45, 2.75) is 31.1 Å². The minimum absolute atomic E-state index is 0.161. The van der Waals surface area contributed by atoms with Gasteiger partial charge in [-0.1, -0.05) is 19.1 Å². The maximum absolute atomic E-state index is 11.6. The van der Waals surface area contributed by atoms with Gasteiger partial charge in [-0.25, -0.2) is 8.42 Å². The molecule has 1 rings (SSSR count). The van der Waals surface area contributed by atoms with Crippen LogP contribution in [-0.4, -0.2) is 27.8 Å². The van der Waals surface area contributed by atoms with Crippen molar-refractivity contribution in [2.24, 2.45) is 0 Å². The van der Waals surface area contributed by atoms with Crippen LogP contribution >= 0.6 is 0 Å². The molecule has 3 nitrogen and oxygen atoms in total. The Morgan fingerprint density at radius 3 is 2.29 bits per heavy atom. The van der Waals surface area contributed by atoms with Crippen LogP contribution in [0.1, 0.15) is 25.3 Å². The van der Waals surface area contributed by atoms with Gasteiger partial charge in [0.05, 0.1) is 10.6 Å². The molecule has 0 aliphatic carbocycles.